The van der Waals surface area contributed by atoms with Gasteiger partial charge in [-0.2, -0.15) is 13.2 Å². The Morgan fingerprint density at radius 1 is 1.26 bits per heavy atom. The first-order chi connectivity index (χ1) is 8.93. The number of hydrogen-bond donors (Lipinski definition) is 1. The highest BCUT2D eigenvalue weighted by molar-refractivity contribution is 5.59. The van der Waals surface area contributed by atoms with Crippen molar-refractivity contribution >= 4 is 0 Å². The molecule has 0 aliphatic rings. The lowest BCUT2D eigenvalue weighted by Crippen LogP contribution is -2.08. The maximum Gasteiger partial charge on any atom is 0.417 e. The molecule has 1 aromatic heterocycles. The first kappa shape index (κ1) is 13.5. The smallest absolute Gasteiger partial charge is 0.417 e. The van der Waals surface area contributed by atoms with Crippen molar-refractivity contribution in [3.05, 3.63) is 35.7 Å². The Hall–Kier alpha value is -1.89. The van der Waals surface area contributed by atoms with Crippen LogP contribution in [0.5, 0.6) is 0 Å². The fraction of sp³-hybridized carbons (Fsp3) is 0.333. The van der Waals surface area contributed by atoms with Crippen molar-refractivity contribution in [3.8, 4) is 11.5 Å². The number of nitrogens with zero attached hydrogens (tertiary/aromatic N) is 2. The minimum absolute atomic E-state index is 0.134. The summed E-state index contributed by atoms with van der Waals surface area (Å²) in [6, 6.07) is 4.57. The molecule has 4 nitrogen and oxygen atoms in total. The molecular formula is C12H12F3N3O. The van der Waals surface area contributed by atoms with Gasteiger partial charge in [0.25, 0.3) is 0 Å². The van der Waals surface area contributed by atoms with Gasteiger partial charge in [0.1, 0.15) is 0 Å². The largest absolute Gasteiger partial charge is 0.419 e. The Morgan fingerprint density at radius 2 is 1.95 bits per heavy atom. The van der Waals surface area contributed by atoms with Crippen molar-refractivity contribution in [1.29, 1.82) is 0 Å². The van der Waals surface area contributed by atoms with Crippen LogP contribution in [0.2, 0.25) is 0 Å². The molecular weight excluding hydrogens is 259 g/mol. The van der Waals surface area contributed by atoms with Gasteiger partial charge in [-0.15, -0.1) is 10.2 Å². The zero-order valence-corrected chi connectivity index (χ0v) is 10.1. The molecule has 102 valence electrons. The maximum absolute atomic E-state index is 12.9. The van der Waals surface area contributed by atoms with Gasteiger partial charge in [-0.25, -0.2) is 0 Å². The van der Waals surface area contributed by atoms with Crippen LogP contribution in [-0.2, 0) is 6.18 Å². The SMILES string of the molecule is CCC(N)c1nnc(-c2ccccc2C(F)(F)F)o1. The highest BCUT2D eigenvalue weighted by Gasteiger charge is 2.34. The molecule has 0 saturated carbocycles. The predicted octanol–water partition coefficient (Wildman–Crippen LogP) is 3.17. The van der Waals surface area contributed by atoms with Crippen molar-refractivity contribution < 1.29 is 17.6 Å². The van der Waals surface area contributed by atoms with Crippen molar-refractivity contribution in [2.75, 3.05) is 0 Å². The molecule has 0 aliphatic heterocycles. The summed E-state index contributed by atoms with van der Waals surface area (Å²) in [5, 5.41) is 7.31. The molecule has 19 heavy (non-hydrogen) atoms. The highest BCUT2D eigenvalue weighted by Crippen LogP contribution is 2.36. The molecule has 1 unspecified atom stereocenters. The summed E-state index contributed by atoms with van der Waals surface area (Å²) in [7, 11) is 0. The molecule has 2 rings (SSSR count). The number of halogens is 3. The van der Waals surface area contributed by atoms with Gasteiger partial charge in [-0.3, -0.25) is 0 Å². The molecule has 0 spiro atoms. The van der Waals surface area contributed by atoms with E-state index < -0.39 is 17.8 Å². The summed E-state index contributed by atoms with van der Waals surface area (Å²) < 4.78 is 43.8. The zero-order chi connectivity index (χ0) is 14.0. The van der Waals surface area contributed by atoms with E-state index in [-0.39, 0.29) is 17.3 Å². The number of nitrogens with two attached hydrogens (primary N) is 1. The Balaban J connectivity index is 2.45. The van der Waals surface area contributed by atoms with E-state index in [1.165, 1.54) is 18.2 Å². The summed E-state index contributed by atoms with van der Waals surface area (Å²) in [6.45, 7) is 1.82. The number of benzene rings is 1. The van der Waals surface area contributed by atoms with E-state index in [0.29, 0.717) is 6.42 Å². The van der Waals surface area contributed by atoms with Gasteiger partial charge in [0, 0.05) is 0 Å². The van der Waals surface area contributed by atoms with Gasteiger partial charge in [0.05, 0.1) is 17.2 Å². The first-order valence-corrected chi connectivity index (χ1v) is 5.69. The Labute approximate surface area is 107 Å². The summed E-state index contributed by atoms with van der Waals surface area (Å²) in [5.41, 5.74) is 4.74. The minimum Gasteiger partial charge on any atom is -0.419 e. The molecule has 1 aromatic carbocycles. The van der Waals surface area contributed by atoms with Crippen LogP contribution in [0, 0.1) is 0 Å². The molecule has 1 heterocycles. The number of alkyl halides is 3. The van der Waals surface area contributed by atoms with Crippen molar-refractivity contribution in [2.45, 2.75) is 25.6 Å². The summed E-state index contributed by atoms with van der Waals surface area (Å²) in [4.78, 5) is 0. The fourth-order valence-corrected chi connectivity index (χ4v) is 1.58. The van der Waals surface area contributed by atoms with Crippen LogP contribution < -0.4 is 5.73 Å². The van der Waals surface area contributed by atoms with Gasteiger partial charge in [-0.05, 0) is 18.6 Å². The first-order valence-electron chi connectivity index (χ1n) is 5.69. The van der Waals surface area contributed by atoms with Crippen molar-refractivity contribution in [3.63, 3.8) is 0 Å². The van der Waals surface area contributed by atoms with Crippen LogP contribution >= 0.6 is 0 Å². The van der Waals surface area contributed by atoms with E-state index in [1.54, 1.807) is 0 Å². The Morgan fingerprint density at radius 3 is 2.58 bits per heavy atom. The molecule has 1 atom stereocenters. The topological polar surface area (TPSA) is 64.9 Å². The zero-order valence-electron chi connectivity index (χ0n) is 10.1. The fourth-order valence-electron chi connectivity index (χ4n) is 1.58. The van der Waals surface area contributed by atoms with E-state index in [9.17, 15) is 13.2 Å². The Bertz CT molecular complexity index is 565. The van der Waals surface area contributed by atoms with Gasteiger partial charge in [0.15, 0.2) is 0 Å². The van der Waals surface area contributed by atoms with E-state index >= 15 is 0 Å². The summed E-state index contributed by atoms with van der Waals surface area (Å²) >= 11 is 0. The lowest BCUT2D eigenvalue weighted by atomic mass is 10.1. The molecule has 0 fully saturated rings. The lowest BCUT2D eigenvalue weighted by Gasteiger charge is -2.09. The van der Waals surface area contributed by atoms with Crippen LogP contribution in [0.3, 0.4) is 0 Å². The molecule has 0 bridgehead atoms. The molecule has 0 aliphatic carbocycles. The second-order valence-corrected chi connectivity index (χ2v) is 4.00. The number of rotatable bonds is 3. The minimum atomic E-state index is -4.47. The van der Waals surface area contributed by atoms with Crippen LogP contribution in [0.1, 0.15) is 30.8 Å². The third-order valence-corrected chi connectivity index (χ3v) is 2.66. The van der Waals surface area contributed by atoms with E-state index in [2.05, 4.69) is 10.2 Å². The molecule has 2 aromatic rings. The molecule has 0 saturated heterocycles. The van der Waals surface area contributed by atoms with E-state index in [1.807, 2.05) is 6.92 Å². The predicted molar refractivity (Wildman–Crippen MR) is 62.0 cm³/mol. The van der Waals surface area contributed by atoms with Gasteiger partial charge in [0.2, 0.25) is 11.8 Å². The van der Waals surface area contributed by atoms with Crippen LogP contribution in [0.15, 0.2) is 28.7 Å². The van der Waals surface area contributed by atoms with Crippen LogP contribution in [0.4, 0.5) is 13.2 Å². The normalized spacial score (nSPS) is 13.5. The van der Waals surface area contributed by atoms with Crippen molar-refractivity contribution in [2.24, 2.45) is 5.73 Å². The van der Waals surface area contributed by atoms with Gasteiger partial charge in [-0.1, -0.05) is 19.1 Å². The van der Waals surface area contributed by atoms with E-state index in [0.717, 1.165) is 6.07 Å². The quantitative estimate of drug-likeness (QED) is 0.931. The highest BCUT2D eigenvalue weighted by atomic mass is 19.4. The molecule has 0 radical (unpaired) electrons. The average molecular weight is 271 g/mol. The van der Waals surface area contributed by atoms with E-state index in [4.69, 9.17) is 10.2 Å². The number of hydrogen-bond acceptors (Lipinski definition) is 4. The van der Waals surface area contributed by atoms with Crippen molar-refractivity contribution in [1.82, 2.24) is 10.2 Å². The van der Waals surface area contributed by atoms with Crippen LogP contribution in [0.25, 0.3) is 11.5 Å². The summed E-state index contributed by atoms with van der Waals surface area (Å²) in [5.74, 6) is -0.0405. The Kier molecular flexibility index (Phi) is 3.57. The molecule has 0 amide bonds. The maximum atomic E-state index is 12.9. The number of aromatic nitrogens is 2. The summed E-state index contributed by atoms with van der Waals surface area (Å²) in [6.07, 6.45) is -3.92. The molecule has 2 N–H and O–H groups in total. The van der Waals surface area contributed by atoms with Gasteiger partial charge < -0.3 is 10.2 Å². The second-order valence-electron chi connectivity index (χ2n) is 4.00. The lowest BCUT2D eigenvalue weighted by molar-refractivity contribution is -0.137. The molecule has 7 heteroatoms. The monoisotopic (exact) mass is 271 g/mol. The third kappa shape index (κ3) is 2.76. The average Bonchev–Trinajstić information content (AvgIpc) is 2.86. The van der Waals surface area contributed by atoms with Gasteiger partial charge >= 0.3 is 6.18 Å². The second kappa shape index (κ2) is 5.00. The standard InChI is InChI=1S/C12H12F3N3O/c1-2-9(16)11-18-17-10(19-11)7-5-3-4-6-8(7)12(13,14)15/h3-6,9H,2,16H2,1H3. The van der Waals surface area contributed by atoms with Crippen LogP contribution in [-0.4, -0.2) is 10.2 Å². The third-order valence-electron chi connectivity index (χ3n) is 2.66.